The molecule has 0 heterocycles. The number of hydrogen-bond acceptors (Lipinski definition) is 5. The van der Waals surface area contributed by atoms with Gasteiger partial charge in [0.05, 0.1) is 12.8 Å². The summed E-state index contributed by atoms with van der Waals surface area (Å²) in [6, 6.07) is 0. The summed E-state index contributed by atoms with van der Waals surface area (Å²) in [6.07, 6.45) is 11.1. The number of rotatable bonds is 12. The fourth-order valence-electron chi connectivity index (χ4n) is 4.05. The lowest BCUT2D eigenvalue weighted by Gasteiger charge is -2.37. The molecule has 0 saturated carbocycles. The van der Waals surface area contributed by atoms with Crippen molar-refractivity contribution in [3.05, 3.63) is 46.4 Å². The molecule has 0 bridgehead atoms. The molecule has 1 aliphatic rings. The van der Waals surface area contributed by atoms with E-state index < -0.39 is 6.10 Å². The van der Waals surface area contributed by atoms with Crippen LogP contribution in [0.3, 0.4) is 0 Å². The maximum Gasteiger partial charge on any atom is 0.303 e. The molecule has 0 spiro atoms. The van der Waals surface area contributed by atoms with Crippen molar-refractivity contribution in [3.63, 3.8) is 0 Å². The largest absolute Gasteiger partial charge is 0.491 e. The van der Waals surface area contributed by atoms with Crippen LogP contribution in [-0.2, 0) is 19.1 Å². The summed E-state index contributed by atoms with van der Waals surface area (Å²) in [6.45, 7) is 14.4. The molecule has 0 saturated heterocycles. The minimum Gasteiger partial charge on any atom is -0.491 e. The minimum absolute atomic E-state index is 0.0437. The van der Waals surface area contributed by atoms with E-state index >= 15 is 0 Å². The number of nitrogens with one attached hydrogen (secondary N) is 1. The molecular formula is C27H43NO4. The van der Waals surface area contributed by atoms with Crippen molar-refractivity contribution >= 4 is 11.8 Å². The van der Waals surface area contributed by atoms with Gasteiger partial charge in [0.25, 0.3) is 0 Å². The predicted molar refractivity (Wildman–Crippen MR) is 131 cm³/mol. The quantitative estimate of drug-likeness (QED) is 0.293. The summed E-state index contributed by atoms with van der Waals surface area (Å²) >= 11 is 0. The number of ether oxygens (including phenoxy) is 2. The van der Waals surface area contributed by atoms with Gasteiger partial charge in [-0.1, -0.05) is 41.9 Å². The maximum atomic E-state index is 12.9. The van der Waals surface area contributed by atoms with Crippen LogP contribution < -0.4 is 5.32 Å². The van der Waals surface area contributed by atoms with Crippen LogP contribution in [0.15, 0.2) is 46.4 Å². The van der Waals surface area contributed by atoms with E-state index in [0.29, 0.717) is 18.7 Å². The van der Waals surface area contributed by atoms with Gasteiger partial charge >= 0.3 is 5.97 Å². The lowest BCUT2D eigenvalue weighted by molar-refractivity contribution is -0.151. The monoisotopic (exact) mass is 445 g/mol. The van der Waals surface area contributed by atoms with Gasteiger partial charge in [-0.25, -0.2) is 0 Å². The Kier molecular flexibility index (Phi) is 12.1. The van der Waals surface area contributed by atoms with Crippen LogP contribution in [0, 0.1) is 11.8 Å². The van der Waals surface area contributed by atoms with Crippen molar-refractivity contribution in [2.45, 2.75) is 86.7 Å². The topological polar surface area (TPSA) is 64.6 Å². The fourth-order valence-corrected chi connectivity index (χ4v) is 4.05. The number of ketones is 1. The number of hydrogen-bond donors (Lipinski definition) is 1. The first-order valence-corrected chi connectivity index (χ1v) is 11.8. The molecule has 0 amide bonds. The first-order chi connectivity index (χ1) is 15.1. The average molecular weight is 446 g/mol. The van der Waals surface area contributed by atoms with E-state index in [4.69, 9.17) is 9.47 Å². The van der Waals surface area contributed by atoms with Gasteiger partial charge in [0.2, 0.25) is 5.78 Å². The number of esters is 1. The van der Waals surface area contributed by atoms with E-state index in [0.717, 1.165) is 25.7 Å². The summed E-state index contributed by atoms with van der Waals surface area (Å²) in [5.74, 6) is -0.551. The molecule has 180 valence electrons. The van der Waals surface area contributed by atoms with Crippen molar-refractivity contribution in [1.29, 1.82) is 0 Å². The molecule has 0 aromatic rings. The molecule has 0 radical (unpaired) electrons. The SMILES string of the molecule is CCNC1=C(OC)C(=O)[C@@H](C)[C@H](C/C=C(\C)CC/C=C(\C)CCC=C(C)C)[C@@H]1OC(C)=O. The zero-order valence-electron chi connectivity index (χ0n) is 21.3. The van der Waals surface area contributed by atoms with Crippen LogP contribution in [0.25, 0.3) is 0 Å². The Morgan fingerprint density at radius 1 is 1.00 bits per heavy atom. The third kappa shape index (κ3) is 8.68. The van der Waals surface area contributed by atoms with Crippen molar-refractivity contribution in [2.24, 2.45) is 11.8 Å². The number of carbonyl (C=O) groups is 2. The van der Waals surface area contributed by atoms with Gasteiger partial charge in [0.1, 0.15) is 6.10 Å². The Bertz CT molecular complexity index is 769. The molecule has 0 aromatic heterocycles. The van der Waals surface area contributed by atoms with Crippen LogP contribution in [0.4, 0.5) is 0 Å². The summed E-state index contributed by atoms with van der Waals surface area (Å²) < 4.78 is 11.1. The average Bonchev–Trinajstić information content (AvgIpc) is 2.71. The normalized spacial score (nSPS) is 22.0. The van der Waals surface area contributed by atoms with Gasteiger partial charge in [-0.3, -0.25) is 9.59 Å². The Balaban J connectivity index is 2.89. The number of carbonyl (C=O) groups excluding carboxylic acids is 2. The number of methoxy groups -OCH3 is 1. The third-order valence-electron chi connectivity index (χ3n) is 5.92. The van der Waals surface area contributed by atoms with Crippen LogP contribution in [-0.4, -0.2) is 31.5 Å². The van der Waals surface area contributed by atoms with E-state index in [1.165, 1.54) is 30.8 Å². The summed E-state index contributed by atoms with van der Waals surface area (Å²) in [5, 5.41) is 3.20. The Morgan fingerprint density at radius 3 is 2.12 bits per heavy atom. The molecule has 1 rings (SSSR count). The van der Waals surface area contributed by atoms with Crippen molar-refractivity contribution in [2.75, 3.05) is 13.7 Å². The molecule has 1 aliphatic carbocycles. The van der Waals surface area contributed by atoms with E-state index in [9.17, 15) is 9.59 Å². The molecule has 0 aromatic carbocycles. The molecule has 0 unspecified atom stereocenters. The standard InChI is InChI=1S/C27H43NO4/c1-9-28-24-26(32-22(7)29)23(21(6)25(30)27(24)31-8)17-16-20(5)15-11-14-19(4)13-10-12-18(2)3/h12,14,16,21,23,26,28H,9-11,13,15,17H2,1-8H3/b19-14+,20-16+/t21-,23-,26-/m0/s1. The number of allylic oxidation sites excluding steroid dienone is 7. The summed E-state index contributed by atoms with van der Waals surface area (Å²) in [5.41, 5.74) is 4.65. The molecule has 5 nitrogen and oxygen atoms in total. The minimum atomic E-state index is -0.517. The Morgan fingerprint density at radius 2 is 1.59 bits per heavy atom. The van der Waals surface area contributed by atoms with E-state index in [-0.39, 0.29) is 29.3 Å². The second kappa shape index (κ2) is 14.0. The zero-order valence-corrected chi connectivity index (χ0v) is 21.3. The Labute approximate surface area is 195 Å². The van der Waals surface area contributed by atoms with Gasteiger partial charge in [-0.05, 0) is 66.7 Å². The van der Waals surface area contributed by atoms with Gasteiger partial charge < -0.3 is 14.8 Å². The zero-order chi connectivity index (χ0) is 24.3. The molecule has 3 atom stereocenters. The van der Waals surface area contributed by atoms with Crippen molar-refractivity contribution in [3.8, 4) is 0 Å². The second-order valence-electron chi connectivity index (χ2n) is 9.02. The van der Waals surface area contributed by atoms with Crippen LogP contribution >= 0.6 is 0 Å². The highest BCUT2D eigenvalue weighted by molar-refractivity contribution is 5.97. The highest BCUT2D eigenvalue weighted by atomic mass is 16.5. The number of Topliss-reactive ketones (excluding diaryl/α,β-unsaturated/α-hetero) is 1. The van der Waals surface area contributed by atoms with E-state index in [1.54, 1.807) is 0 Å². The predicted octanol–water partition coefficient (Wildman–Crippen LogP) is 6.03. The summed E-state index contributed by atoms with van der Waals surface area (Å²) in [4.78, 5) is 24.7. The molecule has 0 fully saturated rings. The van der Waals surface area contributed by atoms with E-state index in [2.05, 4.69) is 51.2 Å². The molecular weight excluding hydrogens is 402 g/mol. The van der Waals surface area contributed by atoms with Gasteiger partial charge in [-0.15, -0.1) is 0 Å². The van der Waals surface area contributed by atoms with Crippen molar-refractivity contribution < 1.29 is 19.1 Å². The molecule has 32 heavy (non-hydrogen) atoms. The van der Waals surface area contributed by atoms with E-state index in [1.807, 2.05) is 13.8 Å². The smallest absolute Gasteiger partial charge is 0.303 e. The second-order valence-corrected chi connectivity index (χ2v) is 9.02. The lowest BCUT2D eigenvalue weighted by atomic mass is 9.76. The number of likely N-dealkylation sites (N-methyl/N-ethyl adjacent to an activating group) is 1. The Hall–Kier alpha value is -2.30. The summed E-state index contributed by atoms with van der Waals surface area (Å²) in [7, 11) is 1.49. The first kappa shape index (κ1) is 27.7. The molecule has 5 heteroatoms. The fraction of sp³-hybridized carbons (Fsp3) is 0.630. The molecule has 0 aliphatic heterocycles. The van der Waals surface area contributed by atoms with Gasteiger partial charge in [0.15, 0.2) is 5.76 Å². The lowest BCUT2D eigenvalue weighted by Crippen LogP contribution is -2.45. The van der Waals surface area contributed by atoms with Crippen LogP contribution in [0.5, 0.6) is 0 Å². The molecule has 1 N–H and O–H groups in total. The van der Waals surface area contributed by atoms with Gasteiger partial charge in [0, 0.05) is 25.3 Å². The van der Waals surface area contributed by atoms with Crippen LogP contribution in [0.2, 0.25) is 0 Å². The first-order valence-electron chi connectivity index (χ1n) is 11.8. The highest BCUT2D eigenvalue weighted by Crippen LogP contribution is 2.36. The third-order valence-corrected chi connectivity index (χ3v) is 5.92. The van der Waals surface area contributed by atoms with Crippen molar-refractivity contribution in [1.82, 2.24) is 5.32 Å². The highest BCUT2D eigenvalue weighted by Gasteiger charge is 2.43. The van der Waals surface area contributed by atoms with Crippen LogP contribution in [0.1, 0.15) is 80.6 Å². The maximum absolute atomic E-state index is 12.9. The van der Waals surface area contributed by atoms with Gasteiger partial charge in [-0.2, -0.15) is 0 Å².